The van der Waals surface area contributed by atoms with Crippen LogP contribution in [0.5, 0.6) is 0 Å². The highest BCUT2D eigenvalue weighted by Crippen LogP contribution is 2.27. The van der Waals surface area contributed by atoms with Crippen molar-refractivity contribution >= 4 is 40.5 Å². The first-order valence-electron chi connectivity index (χ1n) is 8.99. The Morgan fingerprint density at radius 1 is 1.03 bits per heavy atom. The van der Waals surface area contributed by atoms with E-state index in [-0.39, 0.29) is 35.4 Å². The molecular weight excluding hydrogens is 396 g/mol. The molecule has 2 aromatic carbocycles. The Balaban J connectivity index is 1.96. The number of hydrogen-bond donors (Lipinski definition) is 3. The fourth-order valence-corrected chi connectivity index (χ4v) is 3.31. The highest BCUT2D eigenvalue weighted by Gasteiger charge is 2.20. The molecule has 0 saturated heterocycles. The van der Waals surface area contributed by atoms with Gasteiger partial charge in [0.25, 0.3) is 17.5 Å². The van der Waals surface area contributed by atoms with Crippen LogP contribution in [0.1, 0.15) is 16.7 Å². The summed E-state index contributed by atoms with van der Waals surface area (Å²) in [5, 5.41) is 16.7. The number of nitrogens with zero attached hydrogens (tertiary/aromatic N) is 1. The number of aryl methyl sites for hydroxylation is 3. The third kappa shape index (κ3) is 6.27. The number of anilines is 2. The fourth-order valence-electron chi connectivity index (χ4n) is 3.13. The van der Waals surface area contributed by atoms with Gasteiger partial charge in [0.2, 0.25) is 0 Å². The third-order valence-corrected chi connectivity index (χ3v) is 4.53. The third-order valence-electron chi connectivity index (χ3n) is 4.30. The first-order chi connectivity index (χ1) is 13.6. The van der Waals surface area contributed by atoms with Crippen molar-refractivity contribution in [3.05, 3.63) is 62.2 Å². The Morgan fingerprint density at radius 3 is 2.14 bits per heavy atom. The molecule has 154 valence electrons. The summed E-state index contributed by atoms with van der Waals surface area (Å²) in [5.41, 5.74) is 3.61. The lowest BCUT2D eigenvalue weighted by Crippen LogP contribution is -3.11. The van der Waals surface area contributed by atoms with E-state index in [1.165, 1.54) is 18.2 Å². The lowest BCUT2D eigenvalue weighted by atomic mass is 10.1. The molecule has 1 atom stereocenters. The first kappa shape index (κ1) is 22.3. The molecule has 2 rings (SSSR count). The minimum absolute atomic E-state index is 0.0238. The van der Waals surface area contributed by atoms with Gasteiger partial charge in [0, 0.05) is 16.8 Å². The molecule has 0 aliphatic heterocycles. The zero-order valence-electron chi connectivity index (χ0n) is 16.8. The summed E-state index contributed by atoms with van der Waals surface area (Å²) >= 11 is 5.86. The Bertz CT molecular complexity index is 938. The van der Waals surface area contributed by atoms with Gasteiger partial charge >= 0.3 is 0 Å². The molecule has 9 heteroatoms. The molecule has 0 spiro atoms. The van der Waals surface area contributed by atoms with E-state index in [1.807, 2.05) is 32.9 Å². The first-order valence-corrected chi connectivity index (χ1v) is 9.37. The molecule has 0 fully saturated rings. The Morgan fingerprint density at radius 2 is 1.59 bits per heavy atom. The molecular formula is C20H24ClN4O4+. The molecule has 0 saturated carbocycles. The lowest BCUT2D eigenvalue weighted by molar-refractivity contribution is -0.862. The van der Waals surface area contributed by atoms with Crippen LogP contribution in [0.4, 0.5) is 17.1 Å². The van der Waals surface area contributed by atoms with Gasteiger partial charge < -0.3 is 15.5 Å². The molecule has 1 unspecified atom stereocenters. The largest absolute Gasteiger partial charge is 0.322 e. The van der Waals surface area contributed by atoms with Crippen LogP contribution in [-0.4, -0.2) is 36.9 Å². The summed E-state index contributed by atoms with van der Waals surface area (Å²) in [7, 11) is 1.69. The van der Waals surface area contributed by atoms with Gasteiger partial charge in [0.15, 0.2) is 13.1 Å². The number of rotatable bonds is 7. The van der Waals surface area contributed by atoms with E-state index in [9.17, 15) is 19.7 Å². The maximum atomic E-state index is 12.4. The van der Waals surface area contributed by atoms with E-state index in [4.69, 9.17) is 11.6 Å². The zero-order valence-corrected chi connectivity index (χ0v) is 17.5. The highest BCUT2D eigenvalue weighted by atomic mass is 35.5. The number of amides is 2. The van der Waals surface area contributed by atoms with E-state index >= 15 is 0 Å². The topological polar surface area (TPSA) is 106 Å². The van der Waals surface area contributed by atoms with Crippen LogP contribution >= 0.6 is 11.6 Å². The van der Waals surface area contributed by atoms with Gasteiger partial charge in [0.1, 0.15) is 5.69 Å². The number of carbonyl (C=O) groups is 2. The number of quaternary nitrogens is 1. The van der Waals surface area contributed by atoms with Crippen molar-refractivity contribution in [1.29, 1.82) is 0 Å². The molecule has 0 bridgehead atoms. The molecule has 2 aromatic rings. The van der Waals surface area contributed by atoms with Crippen LogP contribution in [0.25, 0.3) is 0 Å². The second-order valence-electron chi connectivity index (χ2n) is 7.10. The van der Waals surface area contributed by atoms with Crippen molar-refractivity contribution in [2.45, 2.75) is 20.8 Å². The monoisotopic (exact) mass is 419 g/mol. The number of benzene rings is 2. The maximum absolute atomic E-state index is 12.4. The lowest BCUT2D eigenvalue weighted by Gasteiger charge is -2.16. The molecule has 0 radical (unpaired) electrons. The summed E-state index contributed by atoms with van der Waals surface area (Å²) in [4.78, 5) is 35.8. The van der Waals surface area contributed by atoms with E-state index < -0.39 is 10.8 Å². The summed E-state index contributed by atoms with van der Waals surface area (Å²) in [6, 6.07) is 7.91. The highest BCUT2D eigenvalue weighted by molar-refractivity contribution is 6.31. The molecule has 0 aliphatic carbocycles. The number of nitro benzene ring substituents is 1. The van der Waals surface area contributed by atoms with Crippen molar-refractivity contribution in [3.8, 4) is 0 Å². The second kappa shape index (κ2) is 9.49. The number of nitro groups is 1. The van der Waals surface area contributed by atoms with Crippen molar-refractivity contribution in [3.63, 3.8) is 0 Å². The fraction of sp³-hybridized carbons (Fsp3) is 0.300. The minimum Gasteiger partial charge on any atom is -0.322 e. The number of nitrogens with one attached hydrogen (secondary N) is 3. The zero-order chi connectivity index (χ0) is 21.7. The molecule has 0 heterocycles. The number of halogens is 1. The number of carbonyl (C=O) groups excluding carboxylic acids is 2. The van der Waals surface area contributed by atoms with Gasteiger partial charge in [-0.2, -0.15) is 0 Å². The molecule has 8 nitrogen and oxygen atoms in total. The molecule has 0 aromatic heterocycles. The predicted molar refractivity (Wildman–Crippen MR) is 113 cm³/mol. The summed E-state index contributed by atoms with van der Waals surface area (Å²) in [5.74, 6) is -0.678. The molecule has 0 aliphatic rings. The van der Waals surface area contributed by atoms with Gasteiger partial charge in [-0.1, -0.05) is 29.3 Å². The van der Waals surface area contributed by atoms with E-state index in [1.54, 1.807) is 7.05 Å². The van der Waals surface area contributed by atoms with Gasteiger partial charge in [-0.05, 0) is 44.0 Å². The standard InChI is InChI=1S/C20H23ClN4O4/c1-12-7-13(2)20(14(3)8-12)23-19(27)11-24(4)10-18(26)22-16-9-15(21)5-6-17(16)25(28)29/h5-9H,10-11H2,1-4H3,(H,22,26)(H,23,27)/p+1. The number of likely N-dealkylation sites (N-methyl/N-ethyl adjacent to an activating group) is 1. The van der Waals surface area contributed by atoms with Crippen molar-refractivity contribution in [1.82, 2.24) is 0 Å². The minimum atomic E-state index is -0.595. The molecule has 2 amide bonds. The van der Waals surface area contributed by atoms with Crippen LogP contribution in [0.15, 0.2) is 30.3 Å². The Kier molecular flexibility index (Phi) is 7.30. The van der Waals surface area contributed by atoms with Crippen LogP contribution in [-0.2, 0) is 9.59 Å². The van der Waals surface area contributed by atoms with Crippen LogP contribution in [0, 0.1) is 30.9 Å². The van der Waals surface area contributed by atoms with E-state index in [0.717, 1.165) is 22.4 Å². The maximum Gasteiger partial charge on any atom is 0.292 e. The van der Waals surface area contributed by atoms with Crippen molar-refractivity contribution in [2.24, 2.45) is 0 Å². The average Bonchev–Trinajstić information content (AvgIpc) is 2.57. The smallest absolute Gasteiger partial charge is 0.292 e. The summed E-state index contributed by atoms with van der Waals surface area (Å²) < 4.78 is 0. The summed E-state index contributed by atoms with van der Waals surface area (Å²) in [6.07, 6.45) is 0. The van der Waals surface area contributed by atoms with Gasteiger partial charge in [-0.25, -0.2) is 0 Å². The Hall–Kier alpha value is -2.97. The quantitative estimate of drug-likeness (QED) is 0.472. The molecule has 3 N–H and O–H groups in total. The van der Waals surface area contributed by atoms with Crippen molar-refractivity contribution < 1.29 is 19.4 Å². The van der Waals surface area contributed by atoms with E-state index in [2.05, 4.69) is 10.6 Å². The van der Waals surface area contributed by atoms with Crippen LogP contribution < -0.4 is 15.5 Å². The Labute approximate surface area is 174 Å². The van der Waals surface area contributed by atoms with Gasteiger partial charge in [0.05, 0.1) is 12.0 Å². The SMILES string of the molecule is Cc1cc(C)c(NC(=O)C[NH+](C)CC(=O)Nc2cc(Cl)ccc2[N+](=O)[O-])c(C)c1. The van der Waals surface area contributed by atoms with Crippen molar-refractivity contribution in [2.75, 3.05) is 30.8 Å². The normalized spacial score (nSPS) is 11.6. The molecule has 29 heavy (non-hydrogen) atoms. The van der Waals surface area contributed by atoms with Gasteiger partial charge in [-0.3, -0.25) is 19.7 Å². The average molecular weight is 420 g/mol. The second-order valence-corrected chi connectivity index (χ2v) is 7.54. The van der Waals surface area contributed by atoms with Crippen LogP contribution in [0.2, 0.25) is 5.02 Å². The van der Waals surface area contributed by atoms with Crippen LogP contribution in [0.3, 0.4) is 0 Å². The van der Waals surface area contributed by atoms with Gasteiger partial charge in [-0.15, -0.1) is 0 Å². The predicted octanol–water partition coefficient (Wildman–Crippen LogP) is 2.27. The number of hydrogen-bond acceptors (Lipinski definition) is 4. The van der Waals surface area contributed by atoms with E-state index in [0.29, 0.717) is 4.90 Å². The summed E-state index contributed by atoms with van der Waals surface area (Å²) in [6.45, 7) is 5.88.